The summed E-state index contributed by atoms with van der Waals surface area (Å²) in [7, 11) is 2.86. The molecule has 1 radical (unpaired) electrons. The minimum atomic E-state index is 0.645. The summed E-state index contributed by atoms with van der Waals surface area (Å²) in [4.78, 5) is 0. The molecule has 4 bridgehead atoms. The molecule has 0 aliphatic heterocycles. The molecule has 6 rings (SSSR count). The molecule has 0 aromatic rings. The molecule has 0 nitrogen and oxygen atoms in total. The zero-order valence-corrected chi connectivity index (χ0v) is 15.0. The summed E-state index contributed by atoms with van der Waals surface area (Å²) in [5, 5.41) is 0. The van der Waals surface area contributed by atoms with Crippen molar-refractivity contribution < 1.29 is 0 Å². The van der Waals surface area contributed by atoms with Crippen LogP contribution in [0.15, 0.2) is 0 Å². The molecule has 0 N–H and O–H groups in total. The van der Waals surface area contributed by atoms with Gasteiger partial charge in [0.15, 0.2) is 0 Å². The third-order valence-electron chi connectivity index (χ3n) is 9.32. The Kier molecular flexibility index (Phi) is 3.02. The summed E-state index contributed by atoms with van der Waals surface area (Å²) >= 11 is 0. The van der Waals surface area contributed by atoms with Gasteiger partial charge >= 0.3 is 0 Å². The lowest BCUT2D eigenvalue weighted by molar-refractivity contribution is -0.106. The summed E-state index contributed by atoms with van der Waals surface area (Å²) in [6.07, 6.45) is 6.03. The van der Waals surface area contributed by atoms with Gasteiger partial charge in [0.05, 0.1) is 0 Å². The van der Waals surface area contributed by atoms with Crippen molar-refractivity contribution in [3.05, 3.63) is 0 Å². The maximum absolute atomic E-state index is 2.86. The third-order valence-corrected chi connectivity index (χ3v) is 9.32. The van der Waals surface area contributed by atoms with E-state index in [0.29, 0.717) is 10.8 Å². The molecule has 6 fully saturated rings. The topological polar surface area (TPSA) is 0 Å². The summed E-state index contributed by atoms with van der Waals surface area (Å²) < 4.78 is 0. The number of hydrogen-bond donors (Lipinski definition) is 0. The van der Waals surface area contributed by atoms with Gasteiger partial charge in [-0.2, -0.15) is 0 Å². The quantitative estimate of drug-likeness (QED) is 0.573. The summed E-state index contributed by atoms with van der Waals surface area (Å²) in [5.41, 5.74) is 1.29. The zero-order valence-electron chi connectivity index (χ0n) is 15.0. The highest BCUT2D eigenvalue weighted by Gasteiger charge is 2.59. The second-order valence-corrected chi connectivity index (χ2v) is 10.4. The standard InChI is InChI=1S/C20H34B/c1-11-15-7-13(19(15,3)4)9-17(11)21-18-10-14-8-16(12(18)2)20(14,5)6/h11-18H,7-10H2,1-6H3. The maximum atomic E-state index is 2.86. The molecule has 21 heavy (non-hydrogen) atoms. The first-order chi connectivity index (χ1) is 9.73. The lowest BCUT2D eigenvalue weighted by Crippen LogP contribution is -2.57. The summed E-state index contributed by atoms with van der Waals surface area (Å²) in [6, 6.07) is 0. The minimum absolute atomic E-state index is 0.645. The van der Waals surface area contributed by atoms with E-state index in [1.807, 2.05) is 0 Å². The number of hydrogen-bond acceptors (Lipinski definition) is 0. The van der Waals surface area contributed by atoms with E-state index in [1.54, 1.807) is 0 Å². The lowest BCUT2D eigenvalue weighted by Gasteiger charge is -2.65. The van der Waals surface area contributed by atoms with Crippen LogP contribution >= 0.6 is 0 Å². The van der Waals surface area contributed by atoms with Crippen molar-refractivity contribution in [1.82, 2.24) is 0 Å². The smallest absolute Gasteiger partial charge is 0.0655 e. The molecular weight excluding hydrogens is 251 g/mol. The predicted molar refractivity (Wildman–Crippen MR) is 91.6 cm³/mol. The van der Waals surface area contributed by atoms with E-state index in [4.69, 9.17) is 0 Å². The lowest BCUT2D eigenvalue weighted by atomic mass is 9.31. The van der Waals surface area contributed by atoms with Gasteiger partial charge in [0.1, 0.15) is 7.28 Å². The fraction of sp³-hybridized carbons (Fsp3) is 1.00. The van der Waals surface area contributed by atoms with Crippen LogP contribution in [0.4, 0.5) is 0 Å². The van der Waals surface area contributed by atoms with Gasteiger partial charge in [-0.05, 0) is 59.2 Å². The number of fused-ring (bicyclic) bond motifs is 4. The van der Waals surface area contributed by atoms with E-state index in [2.05, 4.69) is 48.8 Å². The Balaban J connectivity index is 1.42. The Labute approximate surface area is 133 Å². The monoisotopic (exact) mass is 285 g/mol. The van der Waals surface area contributed by atoms with Crippen molar-refractivity contribution in [1.29, 1.82) is 0 Å². The van der Waals surface area contributed by atoms with Crippen molar-refractivity contribution in [3.8, 4) is 0 Å². The number of rotatable bonds is 2. The van der Waals surface area contributed by atoms with Crippen LogP contribution in [-0.4, -0.2) is 7.28 Å². The van der Waals surface area contributed by atoms with Crippen molar-refractivity contribution in [2.75, 3.05) is 0 Å². The first-order valence-corrected chi connectivity index (χ1v) is 9.58. The SMILES string of the molecule is CC1C([B]C2CC3CC(C2C)C3(C)C)CC2CC1C2(C)C. The molecule has 0 aromatic heterocycles. The zero-order chi connectivity index (χ0) is 15.2. The third kappa shape index (κ3) is 1.81. The molecule has 6 saturated carbocycles. The van der Waals surface area contributed by atoms with Gasteiger partial charge in [-0.3, -0.25) is 0 Å². The van der Waals surface area contributed by atoms with Crippen LogP contribution in [0.2, 0.25) is 11.6 Å². The van der Waals surface area contributed by atoms with E-state index < -0.39 is 0 Å². The Hall–Kier alpha value is 0.0649. The molecule has 0 heterocycles. The van der Waals surface area contributed by atoms with Crippen LogP contribution in [0.3, 0.4) is 0 Å². The van der Waals surface area contributed by atoms with Gasteiger partial charge in [0.2, 0.25) is 0 Å². The van der Waals surface area contributed by atoms with Gasteiger partial charge < -0.3 is 0 Å². The van der Waals surface area contributed by atoms with Crippen molar-refractivity contribution >= 4 is 7.28 Å². The average Bonchev–Trinajstić information content (AvgIpc) is 2.41. The Morgan fingerprint density at radius 3 is 1.33 bits per heavy atom. The van der Waals surface area contributed by atoms with Gasteiger partial charge in [-0.15, -0.1) is 0 Å². The summed E-state index contributed by atoms with van der Waals surface area (Å²) in [5.74, 6) is 7.76. The molecule has 1 heteroatoms. The van der Waals surface area contributed by atoms with Crippen LogP contribution < -0.4 is 0 Å². The Morgan fingerprint density at radius 1 is 0.667 bits per heavy atom. The molecule has 117 valence electrons. The van der Waals surface area contributed by atoms with Crippen LogP contribution in [0.5, 0.6) is 0 Å². The van der Waals surface area contributed by atoms with Crippen LogP contribution in [0.1, 0.15) is 67.2 Å². The fourth-order valence-electron chi connectivity index (χ4n) is 7.21. The molecule has 8 atom stereocenters. The second kappa shape index (κ2) is 4.32. The highest BCUT2D eigenvalue weighted by atomic mass is 14.6. The molecular formula is C20H34B. The first kappa shape index (κ1) is 14.6. The summed E-state index contributed by atoms with van der Waals surface area (Å²) in [6.45, 7) is 15.2. The average molecular weight is 285 g/mol. The van der Waals surface area contributed by atoms with E-state index in [-0.39, 0.29) is 0 Å². The van der Waals surface area contributed by atoms with E-state index in [9.17, 15) is 0 Å². The van der Waals surface area contributed by atoms with Gasteiger partial charge in [0, 0.05) is 0 Å². The minimum Gasteiger partial charge on any atom is -0.0655 e. The van der Waals surface area contributed by atoms with Crippen LogP contribution in [0, 0.1) is 46.3 Å². The largest absolute Gasteiger partial charge is 0.118 e. The highest BCUT2D eigenvalue weighted by molar-refractivity contribution is 6.40. The molecule has 0 aromatic carbocycles. The van der Waals surface area contributed by atoms with E-state index >= 15 is 0 Å². The van der Waals surface area contributed by atoms with Gasteiger partial charge in [-0.1, -0.05) is 66.0 Å². The Bertz CT molecular complexity index is 397. The Morgan fingerprint density at radius 2 is 1.05 bits per heavy atom. The van der Waals surface area contributed by atoms with Gasteiger partial charge in [0.25, 0.3) is 0 Å². The van der Waals surface area contributed by atoms with Crippen molar-refractivity contribution in [3.63, 3.8) is 0 Å². The van der Waals surface area contributed by atoms with Crippen molar-refractivity contribution in [2.45, 2.75) is 78.9 Å². The van der Waals surface area contributed by atoms with E-state index in [0.717, 1.165) is 47.1 Å². The highest BCUT2D eigenvalue weighted by Crippen LogP contribution is 2.68. The molecule has 6 aliphatic rings. The van der Waals surface area contributed by atoms with E-state index in [1.165, 1.54) is 25.7 Å². The predicted octanol–water partition coefficient (Wildman–Crippen LogP) is 5.67. The fourth-order valence-corrected chi connectivity index (χ4v) is 7.21. The molecule has 0 saturated heterocycles. The van der Waals surface area contributed by atoms with Crippen LogP contribution in [-0.2, 0) is 0 Å². The normalized spacial score (nSPS) is 56.1. The molecule has 0 amide bonds. The maximum Gasteiger partial charge on any atom is 0.118 e. The van der Waals surface area contributed by atoms with Crippen LogP contribution in [0.25, 0.3) is 0 Å². The first-order valence-electron chi connectivity index (χ1n) is 9.58. The second-order valence-electron chi connectivity index (χ2n) is 10.4. The molecule has 8 unspecified atom stereocenters. The molecule has 0 spiro atoms. The van der Waals surface area contributed by atoms with Gasteiger partial charge in [-0.25, -0.2) is 0 Å². The molecule has 6 aliphatic carbocycles. The van der Waals surface area contributed by atoms with Crippen molar-refractivity contribution in [2.24, 2.45) is 46.3 Å².